The number of rotatable bonds is 8. The molecule has 2 heterocycles. The normalized spacial score (nSPS) is 29.6. The van der Waals surface area contributed by atoms with Crippen LogP contribution >= 0.6 is 11.8 Å². The van der Waals surface area contributed by atoms with E-state index in [1.54, 1.807) is 0 Å². The molecule has 0 unspecified atom stereocenters. The van der Waals surface area contributed by atoms with Crippen molar-refractivity contribution in [3.63, 3.8) is 0 Å². The van der Waals surface area contributed by atoms with E-state index in [0.717, 1.165) is 0 Å². The van der Waals surface area contributed by atoms with Gasteiger partial charge in [-0.25, -0.2) is 0 Å². The molecule has 5 atom stereocenters. The molecule has 4 N–H and O–H groups in total. The minimum atomic E-state index is -0.881. The van der Waals surface area contributed by atoms with E-state index in [0.29, 0.717) is 11.6 Å². The summed E-state index contributed by atoms with van der Waals surface area (Å²) < 4.78 is 10.9. The Morgan fingerprint density at radius 3 is 2.79 bits per heavy atom. The number of hydrogen-bond donors (Lipinski definition) is 3. The number of ether oxygens (including phenoxy) is 2. The smallest absolute Gasteiger partial charge is 0.294 e. The van der Waals surface area contributed by atoms with Gasteiger partial charge in [0.15, 0.2) is 6.10 Å². The second kappa shape index (κ2) is 8.46. The van der Waals surface area contributed by atoms with Crippen LogP contribution in [0.3, 0.4) is 0 Å². The minimum absolute atomic E-state index is 0.0291. The fraction of sp³-hybridized carbons (Fsp3) is 0.833. The molecule has 0 aliphatic carbocycles. The number of nitrogens with zero attached hydrogens (tertiary/aromatic N) is 1. The van der Waals surface area contributed by atoms with Gasteiger partial charge in [-0.3, -0.25) is 9.59 Å². The third-order valence-corrected chi connectivity index (χ3v) is 4.56. The van der Waals surface area contributed by atoms with E-state index >= 15 is 0 Å². The van der Waals surface area contributed by atoms with E-state index in [9.17, 15) is 19.7 Å². The Balaban J connectivity index is 1.74. The van der Waals surface area contributed by atoms with Crippen LogP contribution in [0.2, 0.25) is 0 Å². The Morgan fingerprint density at radius 2 is 2.12 bits per heavy atom. The zero-order valence-electron chi connectivity index (χ0n) is 13.0. The summed E-state index contributed by atoms with van der Waals surface area (Å²) in [6, 6.07) is -1.19. The van der Waals surface area contributed by atoms with Gasteiger partial charge in [0.25, 0.3) is 5.09 Å². The lowest BCUT2D eigenvalue weighted by Crippen LogP contribution is -2.51. The van der Waals surface area contributed by atoms with Gasteiger partial charge in [0.1, 0.15) is 12.2 Å². The molecule has 11 nitrogen and oxygen atoms in total. The number of thioether (sulfide) groups is 1. The van der Waals surface area contributed by atoms with Gasteiger partial charge in [0.2, 0.25) is 11.8 Å². The van der Waals surface area contributed by atoms with Crippen molar-refractivity contribution >= 4 is 23.6 Å². The summed E-state index contributed by atoms with van der Waals surface area (Å²) in [7, 11) is 0. The second-order valence-corrected chi connectivity index (χ2v) is 6.46. The van der Waals surface area contributed by atoms with E-state index in [1.165, 1.54) is 18.7 Å². The number of hydrogen-bond acceptors (Lipinski definition) is 9. The van der Waals surface area contributed by atoms with Crippen molar-refractivity contribution in [2.75, 3.05) is 24.8 Å². The maximum atomic E-state index is 12.1. The predicted molar refractivity (Wildman–Crippen MR) is 82.4 cm³/mol. The fourth-order valence-electron chi connectivity index (χ4n) is 2.49. The largest absolute Gasteiger partial charge is 0.371 e. The van der Waals surface area contributed by atoms with Crippen LogP contribution in [0, 0.1) is 10.1 Å². The van der Waals surface area contributed by atoms with Gasteiger partial charge in [0, 0.05) is 12.7 Å². The number of carbonyl (C=O) groups excluding carboxylic acids is 2. The molecular formula is C12H20N4O7S. The summed E-state index contributed by atoms with van der Waals surface area (Å²) in [6.45, 7) is 1.60. The van der Waals surface area contributed by atoms with Gasteiger partial charge < -0.3 is 30.7 Å². The molecule has 0 aromatic rings. The van der Waals surface area contributed by atoms with Crippen molar-refractivity contribution in [2.45, 2.75) is 37.3 Å². The first-order chi connectivity index (χ1) is 11.4. The molecule has 0 bridgehead atoms. The van der Waals surface area contributed by atoms with Crippen LogP contribution < -0.4 is 16.4 Å². The molecule has 2 fully saturated rings. The molecule has 0 radical (unpaired) electrons. The first kappa shape index (κ1) is 18.7. The van der Waals surface area contributed by atoms with Crippen LogP contribution in [0.4, 0.5) is 0 Å². The molecule has 136 valence electrons. The van der Waals surface area contributed by atoms with Crippen LogP contribution in [-0.4, -0.2) is 72.1 Å². The number of amides is 2. The van der Waals surface area contributed by atoms with Crippen LogP contribution in [0.25, 0.3) is 0 Å². The molecule has 0 saturated carbocycles. The lowest BCUT2D eigenvalue weighted by Gasteiger charge is -2.20. The summed E-state index contributed by atoms with van der Waals surface area (Å²) in [6.07, 6.45) is -1.89. The highest BCUT2D eigenvalue weighted by molar-refractivity contribution is 7.99. The number of nitrogens with two attached hydrogens (primary N) is 1. The van der Waals surface area contributed by atoms with Crippen LogP contribution in [0.1, 0.15) is 6.92 Å². The summed E-state index contributed by atoms with van der Waals surface area (Å²) >= 11 is 1.33. The monoisotopic (exact) mass is 364 g/mol. The first-order valence-electron chi connectivity index (χ1n) is 7.31. The summed E-state index contributed by atoms with van der Waals surface area (Å²) in [4.78, 5) is 37.7. The van der Waals surface area contributed by atoms with Gasteiger partial charge in [-0.2, -0.15) is 0 Å². The molecule has 12 heteroatoms. The van der Waals surface area contributed by atoms with Gasteiger partial charge >= 0.3 is 0 Å². The topological polar surface area (TPSA) is 155 Å². The maximum Gasteiger partial charge on any atom is 0.294 e. The maximum absolute atomic E-state index is 12.1. The van der Waals surface area contributed by atoms with Crippen LogP contribution in [0.5, 0.6) is 0 Å². The van der Waals surface area contributed by atoms with Gasteiger partial charge in [-0.15, -0.1) is 21.9 Å². The minimum Gasteiger partial charge on any atom is -0.371 e. The Morgan fingerprint density at radius 1 is 1.42 bits per heavy atom. The lowest BCUT2D eigenvalue weighted by molar-refractivity contribution is -0.769. The third kappa shape index (κ3) is 4.93. The second-order valence-electron chi connectivity index (χ2n) is 5.43. The van der Waals surface area contributed by atoms with E-state index in [1.807, 2.05) is 0 Å². The van der Waals surface area contributed by atoms with Crippen molar-refractivity contribution in [3.05, 3.63) is 10.1 Å². The van der Waals surface area contributed by atoms with Crippen molar-refractivity contribution in [2.24, 2.45) is 5.73 Å². The standard InChI is InChI=1S/C12H20N4O7S/c1-6(17)14-5-24-4-7(13)12(18)15-8-2-21-11-9(23-16(19)20)3-22-10(8)11/h7-11H,2-5,13H2,1H3,(H,14,17)(H,15,18)/t7-,8-,9-,10+,11+/m0/s1. The van der Waals surface area contributed by atoms with Crippen molar-refractivity contribution in [1.82, 2.24) is 10.6 Å². The number of fused-ring (bicyclic) bond motifs is 1. The summed E-state index contributed by atoms with van der Waals surface area (Å²) in [5.41, 5.74) is 5.80. The van der Waals surface area contributed by atoms with E-state index in [-0.39, 0.29) is 25.0 Å². The molecule has 24 heavy (non-hydrogen) atoms. The average molecular weight is 364 g/mol. The van der Waals surface area contributed by atoms with Gasteiger partial charge in [-0.05, 0) is 0 Å². The highest BCUT2D eigenvalue weighted by atomic mass is 32.2. The van der Waals surface area contributed by atoms with E-state index < -0.39 is 35.5 Å². The lowest BCUT2D eigenvalue weighted by atomic mass is 10.1. The third-order valence-electron chi connectivity index (χ3n) is 3.61. The Kier molecular flexibility index (Phi) is 6.60. The van der Waals surface area contributed by atoms with Gasteiger partial charge in [0.05, 0.1) is 31.2 Å². The van der Waals surface area contributed by atoms with E-state index in [4.69, 9.17) is 15.2 Å². The summed E-state index contributed by atoms with van der Waals surface area (Å²) in [5, 5.41) is 14.9. The quantitative estimate of drug-likeness (QED) is 0.192. The SMILES string of the molecule is CC(=O)NCSC[C@H](N)C(=O)N[C@H]1CO[C@H]2[C@@H]1OC[C@@H]2O[N+](=O)[O-]. The molecule has 2 saturated heterocycles. The van der Waals surface area contributed by atoms with Crippen molar-refractivity contribution < 1.29 is 29.0 Å². The van der Waals surface area contributed by atoms with Crippen molar-refractivity contribution in [1.29, 1.82) is 0 Å². The first-order valence-corrected chi connectivity index (χ1v) is 8.46. The van der Waals surface area contributed by atoms with Gasteiger partial charge in [-0.1, -0.05) is 0 Å². The number of nitrogens with one attached hydrogen (secondary N) is 2. The molecule has 0 aromatic carbocycles. The molecule has 2 rings (SSSR count). The van der Waals surface area contributed by atoms with Crippen LogP contribution in [0.15, 0.2) is 0 Å². The van der Waals surface area contributed by atoms with Crippen molar-refractivity contribution in [3.8, 4) is 0 Å². The zero-order valence-corrected chi connectivity index (χ0v) is 13.8. The van der Waals surface area contributed by atoms with Crippen LogP contribution in [-0.2, 0) is 23.9 Å². The number of carbonyl (C=O) groups is 2. The molecule has 2 aliphatic rings. The Hall–Kier alpha value is -1.63. The van der Waals surface area contributed by atoms with E-state index in [2.05, 4.69) is 15.5 Å². The molecular weight excluding hydrogens is 344 g/mol. The Bertz CT molecular complexity index is 494. The molecule has 0 aromatic heterocycles. The average Bonchev–Trinajstić information content (AvgIpc) is 3.07. The molecule has 0 spiro atoms. The molecule has 2 amide bonds. The zero-order chi connectivity index (χ0) is 17.7. The summed E-state index contributed by atoms with van der Waals surface area (Å²) in [5.74, 6) is 0.180. The predicted octanol–water partition coefficient (Wildman–Crippen LogP) is -2.00. The molecule has 2 aliphatic heterocycles. The highest BCUT2D eigenvalue weighted by Crippen LogP contribution is 2.28. The highest BCUT2D eigenvalue weighted by Gasteiger charge is 2.50. The Labute approximate surface area is 142 Å². The fourth-order valence-corrected chi connectivity index (χ4v) is 3.32.